The molecule has 0 aliphatic heterocycles. The van der Waals surface area contributed by atoms with Gasteiger partial charge >= 0.3 is 0 Å². The van der Waals surface area contributed by atoms with Crippen molar-refractivity contribution in [2.24, 2.45) is 0 Å². The van der Waals surface area contributed by atoms with Gasteiger partial charge in [-0.25, -0.2) is 0 Å². The van der Waals surface area contributed by atoms with Gasteiger partial charge in [-0.1, -0.05) is 30.3 Å². The van der Waals surface area contributed by atoms with E-state index in [1.165, 1.54) is 16.8 Å². The fraction of sp³-hybridized carbons (Fsp3) is 0.294. The lowest BCUT2D eigenvalue weighted by atomic mass is 10.0. The molecule has 0 radical (unpaired) electrons. The van der Waals surface area contributed by atoms with Gasteiger partial charge in [-0.05, 0) is 48.6 Å². The average molecular weight is 253 g/mol. The van der Waals surface area contributed by atoms with Crippen molar-refractivity contribution < 1.29 is 5.11 Å². The molecule has 1 N–H and O–H groups in total. The first kappa shape index (κ1) is 12.1. The third-order valence-corrected chi connectivity index (χ3v) is 4.18. The lowest BCUT2D eigenvalue weighted by molar-refractivity contribution is 0.469. The van der Waals surface area contributed by atoms with Crippen LogP contribution in [0.4, 0.5) is 5.69 Å². The van der Waals surface area contributed by atoms with Crippen LogP contribution in [0.15, 0.2) is 42.5 Å². The molecule has 0 spiro atoms. The van der Waals surface area contributed by atoms with Crippen LogP contribution in [0.25, 0.3) is 0 Å². The molecule has 1 aliphatic rings. The fourth-order valence-corrected chi connectivity index (χ4v) is 3.14. The van der Waals surface area contributed by atoms with E-state index in [2.05, 4.69) is 49.2 Å². The molecule has 98 valence electrons. The molecular weight excluding hydrogens is 234 g/mol. The number of hydrogen-bond donors (Lipinski definition) is 1. The molecule has 2 aromatic rings. The first-order valence-electron chi connectivity index (χ1n) is 6.77. The maximum Gasteiger partial charge on any atom is 0.119 e. The van der Waals surface area contributed by atoms with Gasteiger partial charge in [0.2, 0.25) is 0 Å². The van der Waals surface area contributed by atoms with Gasteiger partial charge in [-0.15, -0.1) is 0 Å². The Kier molecular flexibility index (Phi) is 2.94. The molecule has 0 saturated heterocycles. The highest BCUT2D eigenvalue weighted by Crippen LogP contribution is 2.41. The summed E-state index contributed by atoms with van der Waals surface area (Å²) in [5.41, 5.74) is 4.95. The zero-order chi connectivity index (χ0) is 13.4. The fourth-order valence-electron chi connectivity index (χ4n) is 3.14. The van der Waals surface area contributed by atoms with Gasteiger partial charge in [0.25, 0.3) is 0 Å². The zero-order valence-electron chi connectivity index (χ0n) is 11.4. The third kappa shape index (κ3) is 1.97. The van der Waals surface area contributed by atoms with Crippen molar-refractivity contribution in [2.75, 3.05) is 11.9 Å². The normalized spacial score (nSPS) is 17.3. The Hall–Kier alpha value is -1.96. The summed E-state index contributed by atoms with van der Waals surface area (Å²) < 4.78 is 0. The van der Waals surface area contributed by atoms with Crippen LogP contribution in [0, 0.1) is 6.92 Å². The molecule has 2 aromatic carbocycles. The first-order valence-corrected chi connectivity index (χ1v) is 6.77. The first-order chi connectivity index (χ1) is 9.18. The number of anilines is 1. The summed E-state index contributed by atoms with van der Waals surface area (Å²) in [7, 11) is 2.14. The maximum absolute atomic E-state index is 9.94. The van der Waals surface area contributed by atoms with Gasteiger partial charge in [0.1, 0.15) is 5.75 Å². The zero-order valence-corrected chi connectivity index (χ0v) is 11.4. The van der Waals surface area contributed by atoms with E-state index in [1.54, 1.807) is 6.07 Å². The van der Waals surface area contributed by atoms with Crippen LogP contribution in [-0.4, -0.2) is 12.2 Å². The van der Waals surface area contributed by atoms with E-state index >= 15 is 0 Å². The number of aryl methyl sites for hydroxylation is 1. The van der Waals surface area contributed by atoms with E-state index in [9.17, 15) is 5.11 Å². The molecule has 0 heterocycles. The second-order valence-electron chi connectivity index (χ2n) is 5.30. The quantitative estimate of drug-likeness (QED) is 0.879. The number of rotatable bonds is 2. The van der Waals surface area contributed by atoms with Gasteiger partial charge in [-0.3, -0.25) is 0 Å². The van der Waals surface area contributed by atoms with Gasteiger partial charge in [0.15, 0.2) is 0 Å². The number of benzene rings is 2. The Balaban J connectivity index is 1.98. The Morgan fingerprint density at radius 3 is 2.68 bits per heavy atom. The molecule has 1 unspecified atom stereocenters. The van der Waals surface area contributed by atoms with Crippen LogP contribution in [-0.2, 0) is 6.42 Å². The van der Waals surface area contributed by atoms with Crippen molar-refractivity contribution in [1.82, 2.24) is 0 Å². The van der Waals surface area contributed by atoms with E-state index in [0.29, 0.717) is 11.8 Å². The molecule has 0 bridgehead atoms. The summed E-state index contributed by atoms with van der Waals surface area (Å²) >= 11 is 0. The number of aromatic hydroxyl groups is 1. The Morgan fingerprint density at radius 1 is 1.11 bits per heavy atom. The smallest absolute Gasteiger partial charge is 0.119 e. The predicted octanol–water partition coefficient (Wildman–Crippen LogP) is 3.82. The van der Waals surface area contributed by atoms with Crippen molar-refractivity contribution >= 4 is 5.69 Å². The summed E-state index contributed by atoms with van der Waals surface area (Å²) in [6, 6.07) is 14.7. The van der Waals surface area contributed by atoms with Crippen LogP contribution in [0.3, 0.4) is 0 Å². The summed E-state index contributed by atoms with van der Waals surface area (Å²) in [6.07, 6.45) is 2.03. The number of nitrogens with zero attached hydrogens (tertiary/aromatic N) is 1. The molecule has 1 aliphatic carbocycles. The van der Waals surface area contributed by atoms with Gasteiger partial charge < -0.3 is 10.0 Å². The third-order valence-electron chi connectivity index (χ3n) is 4.18. The largest absolute Gasteiger partial charge is 0.508 e. The molecule has 2 heteroatoms. The van der Waals surface area contributed by atoms with Crippen LogP contribution in [0.1, 0.15) is 29.2 Å². The monoisotopic (exact) mass is 253 g/mol. The number of fused-ring (bicyclic) bond motifs is 1. The minimum atomic E-state index is 0.364. The molecule has 1 atom stereocenters. The van der Waals surface area contributed by atoms with Crippen LogP contribution in [0.2, 0.25) is 0 Å². The molecule has 2 nitrogen and oxygen atoms in total. The van der Waals surface area contributed by atoms with E-state index in [-0.39, 0.29) is 0 Å². The van der Waals surface area contributed by atoms with Crippen molar-refractivity contribution in [3.05, 3.63) is 59.2 Å². The van der Waals surface area contributed by atoms with Crippen molar-refractivity contribution in [3.8, 4) is 5.75 Å². The topological polar surface area (TPSA) is 23.5 Å². The Morgan fingerprint density at radius 2 is 1.89 bits per heavy atom. The number of hydrogen-bond acceptors (Lipinski definition) is 2. The van der Waals surface area contributed by atoms with Crippen molar-refractivity contribution in [1.29, 1.82) is 0 Å². The van der Waals surface area contributed by atoms with Crippen LogP contribution >= 0.6 is 0 Å². The van der Waals surface area contributed by atoms with E-state index in [0.717, 1.165) is 18.4 Å². The lowest BCUT2D eigenvalue weighted by Crippen LogP contribution is -2.22. The highest BCUT2D eigenvalue weighted by Gasteiger charge is 2.28. The lowest BCUT2D eigenvalue weighted by Gasteiger charge is -2.29. The van der Waals surface area contributed by atoms with E-state index in [1.807, 2.05) is 6.07 Å². The van der Waals surface area contributed by atoms with Crippen LogP contribution in [0.5, 0.6) is 5.75 Å². The summed E-state index contributed by atoms with van der Waals surface area (Å²) in [5.74, 6) is 0.443. The second kappa shape index (κ2) is 4.61. The maximum atomic E-state index is 9.94. The number of para-hydroxylation sites is 1. The standard InChI is InChI=1S/C17H19NO/c1-12-6-3-4-8-15(12)18(2)16-11-10-14-13(16)7-5-9-17(14)19/h3-9,16,19H,10-11H2,1-2H3. The molecule has 3 rings (SSSR count). The highest BCUT2D eigenvalue weighted by molar-refractivity contribution is 5.56. The molecule has 0 saturated carbocycles. The summed E-state index contributed by atoms with van der Waals surface area (Å²) in [6.45, 7) is 2.14. The minimum absolute atomic E-state index is 0.364. The molecule has 0 aromatic heterocycles. The summed E-state index contributed by atoms with van der Waals surface area (Å²) in [4.78, 5) is 2.33. The Labute approximate surface area is 114 Å². The molecule has 0 amide bonds. The van der Waals surface area contributed by atoms with Gasteiger partial charge in [0, 0.05) is 12.7 Å². The van der Waals surface area contributed by atoms with Crippen molar-refractivity contribution in [2.45, 2.75) is 25.8 Å². The van der Waals surface area contributed by atoms with E-state index in [4.69, 9.17) is 0 Å². The Bertz CT molecular complexity index is 606. The van der Waals surface area contributed by atoms with Gasteiger partial charge in [0.05, 0.1) is 6.04 Å². The number of phenolic OH excluding ortho intramolecular Hbond substituents is 1. The SMILES string of the molecule is Cc1ccccc1N(C)C1CCc2c(O)cccc21. The van der Waals surface area contributed by atoms with Gasteiger partial charge in [-0.2, -0.15) is 0 Å². The summed E-state index contributed by atoms with van der Waals surface area (Å²) in [5, 5.41) is 9.94. The predicted molar refractivity (Wildman–Crippen MR) is 78.8 cm³/mol. The molecular formula is C17H19NO. The highest BCUT2D eigenvalue weighted by atomic mass is 16.3. The van der Waals surface area contributed by atoms with Crippen LogP contribution < -0.4 is 4.90 Å². The second-order valence-corrected chi connectivity index (χ2v) is 5.30. The van der Waals surface area contributed by atoms with Crippen molar-refractivity contribution in [3.63, 3.8) is 0 Å². The molecule has 19 heavy (non-hydrogen) atoms. The van der Waals surface area contributed by atoms with E-state index < -0.39 is 0 Å². The minimum Gasteiger partial charge on any atom is -0.508 e. The average Bonchev–Trinajstić information content (AvgIpc) is 2.84. The molecule has 0 fully saturated rings. The number of phenols is 1.